The molecule has 2 heterocycles. The molecule has 5 rings (SSSR count). The maximum Gasteiger partial charge on any atom is 0.360 e. The van der Waals surface area contributed by atoms with Crippen LogP contribution in [-0.4, -0.2) is 37.3 Å². The van der Waals surface area contributed by atoms with Gasteiger partial charge < -0.3 is 19.3 Å². The van der Waals surface area contributed by atoms with Gasteiger partial charge >= 0.3 is 11.5 Å². The van der Waals surface area contributed by atoms with E-state index < -0.39 is 10.8 Å². The second-order valence-corrected chi connectivity index (χ2v) is 15.8. The van der Waals surface area contributed by atoms with Gasteiger partial charge in [-0.2, -0.15) is 0 Å². The molecular formula is C42H43Cl4O6+. The van der Waals surface area contributed by atoms with Crippen LogP contribution in [0.2, 0.25) is 20.1 Å². The van der Waals surface area contributed by atoms with E-state index in [-0.39, 0.29) is 22.7 Å². The molecule has 1 aromatic heterocycles. The van der Waals surface area contributed by atoms with Crippen LogP contribution in [0.4, 0.5) is 0 Å². The molecule has 0 saturated heterocycles. The summed E-state index contributed by atoms with van der Waals surface area (Å²) >= 11 is 25.1. The van der Waals surface area contributed by atoms with E-state index in [2.05, 4.69) is 13.8 Å². The third kappa shape index (κ3) is 9.22. The molecule has 2 aromatic carbocycles. The SMILES string of the molecule is CCCOCC(C)(C)C1=CC(=CC2=C(O)C(=Cc3cc(-c4ccc(Cl)c(Cl)c4)[o+]c(C(C)(C)COCCC)c3)C2=O)C=C(c2ccc(Cl)c(Cl)c2)O1. The maximum atomic E-state index is 13.7. The van der Waals surface area contributed by atoms with Crippen molar-refractivity contribution < 1.29 is 28.5 Å². The van der Waals surface area contributed by atoms with Crippen LogP contribution in [-0.2, 0) is 24.4 Å². The average molecular weight is 786 g/mol. The predicted molar refractivity (Wildman–Crippen MR) is 212 cm³/mol. The Labute approximate surface area is 326 Å². The number of carbonyl (C=O) groups is 1. The Bertz CT molecular complexity index is 2020. The minimum Gasteiger partial charge on any atom is -0.506 e. The molecule has 1 aliphatic heterocycles. The Morgan fingerprint density at radius 3 is 1.96 bits per heavy atom. The van der Waals surface area contributed by atoms with E-state index in [4.69, 9.17) is 65.0 Å². The highest BCUT2D eigenvalue weighted by molar-refractivity contribution is 6.42. The Morgan fingerprint density at radius 2 is 1.37 bits per heavy atom. The van der Waals surface area contributed by atoms with Gasteiger partial charge in [0.25, 0.3) is 0 Å². The van der Waals surface area contributed by atoms with E-state index in [1.54, 1.807) is 48.6 Å². The first kappa shape index (κ1) is 39.8. The second-order valence-electron chi connectivity index (χ2n) is 14.2. The van der Waals surface area contributed by atoms with Crippen LogP contribution in [0.25, 0.3) is 23.2 Å². The molecule has 1 N–H and O–H groups in total. The van der Waals surface area contributed by atoms with Gasteiger partial charge in [0.05, 0.1) is 56.1 Å². The van der Waals surface area contributed by atoms with Crippen LogP contribution in [0.1, 0.15) is 71.3 Å². The van der Waals surface area contributed by atoms with E-state index in [1.807, 2.05) is 52.0 Å². The third-order valence-electron chi connectivity index (χ3n) is 8.62. The highest BCUT2D eigenvalue weighted by Crippen LogP contribution is 2.41. The standard InChI is InChI=1S/C42H42Cl4O6/c1-7-13-49-23-41(3,4)37-19-25(17-35(51-37)27-9-11-31(43)33(45)21-27)15-29-39(47)30(40(29)48)16-26-18-36(28-10-12-32(44)34(46)22-28)52-38(20-26)42(5,6)24-50-14-8-2/h9-12,15-22H,7-8,13-14,23-24H2,1-6H3/p+1. The van der Waals surface area contributed by atoms with Crippen molar-refractivity contribution in [2.24, 2.45) is 5.41 Å². The lowest BCUT2D eigenvalue weighted by Gasteiger charge is -2.31. The van der Waals surface area contributed by atoms with E-state index in [0.717, 1.165) is 12.8 Å². The van der Waals surface area contributed by atoms with Crippen LogP contribution in [0, 0.1) is 5.41 Å². The van der Waals surface area contributed by atoms with Crippen molar-refractivity contribution in [2.75, 3.05) is 26.4 Å². The molecule has 274 valence electrons. The number of hydrogen-bond donors (Lipinski definition) is 1. The fourth-order valence-electron chi connectivity index (χ4n) is 5.59. The number of Topliss-reactive ketones (excluding diaryl/α,β-unsaturated/α-hetero) is 1. The number of aliphatic hydroxyl groups is 1. The number of benzene rings is 2. The third-order valence-corrected chi connectivity index (χ3v) is 10.1. The summed E-state index contributed by atoms with van der Waals surface area (Å²) in [5, 5.41) is 12.9. The van der Waals surface area contributed by atoms with Gasteiger partial charge in [-0.05, 0) is 98.5 Å². The summed E-state index contributed by atoms with van der Waals surface area (Å²) in [6.45, 7) is 14.3. The molecule has 1 aliphatic carbocycles. The van der Waals surface area contributed by atoms with Crippen molar-refractivity contribution in [3.05, 3.63) is 132 Å². The van der Waals surface area contributed by atoms with E-state index in [1.165, 1.54) is 0 Å². The van der Waals surface area contributed by atoms with E-state index >= 15 is 0 Å². The van der Waals surface area contributed by atoms with Gasteiger partial charge in [-0.1, -0.05) is 74.1 Å². The van der Waals surface area contributed by atoms with E-state index in [9.17, 15) is 9.90 Å². The minimum atomic E-state index is -0.507. The quantitative estimate of drug-likeness (QED) is 0.0996. The van der Waals surface area contributed by atoms with Crippen LogP contribution < -0.4 is 0 Å². The first-order chi connectivity index (χ1) is 24.6. The van der Waals surface area contributed by atoms with Crippen molar-refractivity contribution >= 4 is 64.0 Å². The molecule has 2 aliphatic rings. The Kier molecular flexibility index (Phi) is 12.8. The molecule has 0 bridgehead atoms. The first-order valence-electron chi connectivity index (χ1n) is 17.2. The van der Waals surface area contributed by atoms with Gasteiger partial charge in [0.2, 0.25) is 5.78 Å². The van der Waals surface area contributed by atoms with Crippen molar-refractivity contribution in [2.45, 2.75) is 59.8 Å². The summed E-state index contributed by atoms with van der Waals surface area (Å²) in [4.78, 5) is 13.7. The lowest BCUT2D eigenvalue weighted by atomic mass is 9.84. The van der Waals surface area contributed by atoms with Crippen molar-refractivity contribution in [3.8, 4) is 11.3 Å². The molecular weight excluding hydrogens is 742 g/mol. The summed E-state index contributed by atoms with van der Waals surface area (Å²) in [6, 6.07) is 14.2. The lowest BCUT2D eigenvalue weighted by Crippen LogP contribution is -2.25. The maximum absolute atomic E-state index is 13.7. The Balaban J connectivity index is 1.55. The number of ketones is 1. The normalized spacial score (nSPS) is 16.6. The molecule has 0 fully saturated rings. The zero-order valence-electron chi connectivity index (χ0n) is 30.2. The van der Waals surface area contributed by atoms with Gasteiger partial charge in [-0.15, -0.1) is 0 Å². The number of rotatable bonds is 14. The van der Waals surface area contributed by atoms with Crippen LogP contribution in [0.15, 0.2) is 99.4 Å². The van der Waals surface area contributed by atoms with Crippen LogP contribution in [0.5, 0.6) is 0 Å². The largest absolute Gasteiger partial charge is 0.506 e. The lowest BCUT2D eigenvalue weighted by molar-refractivity contribution is -0.113. The van der Waals surface area contributed by atoms with E-state index in [0.29, 0.717) is 91.8 Å². The number of hydrogen-bond acceptors (Lipinski definition) is 5. The van der Waals surface area contributed by atoms with Crippen molar-refractivity contribution in [1.29, 1.82) is 0 Å². The van der Waals surface area contributed by atoms with Crippen LogP contribution >= 0.6 is 46.4 Å². The molecule has 0 unspecified atom stereocenters. The van der Waals surface area contributed by atoms with Crippen LogP contribution in [0.3, 0.4) is 0 Å². The number of carbonyl (C=O) groups excluding carboxylic acids is 1. The zero-order valence-corrected chi connectivity index (χ0v) is 33.2. The Morgan fingerprint density at radius 1 is 0.769 bits per heavy atom. The number of halogens is 4. The number of ether oxygens (including phenoxy) is 3. The second kappa shape index (κ2) is 16.8. The predicted octanol–water partition coefficient (Wildman–Crippen LogP) is 12.7. The summed E-state index contributed by atoms with van der Waals surface area (Å²) in [5.74, 6) is 1.91. The molecule has 0 spiro atoms. The van der Waals surface area contributed by atoms with Gasteiger partial charge in [0.15, 0.2) is 0 Å². The number of aliphatic hydroxyl groups excluding tert-OH is 1. The molecule has 0 saturated carbocycles. The molecule has 3 aromatic rings. The molecule has 52 heavy (non-hydrogen) atoms. The zero-order chi connectivity index (χ0) is 37.8. The molecule has 6 nitrogen and oxygen atoms in total. The van der Waals surface area contributed by atoms with Gasteiger partial charge in [-0.25, -0.2) is 4.42 Å². The van der Waals surface area contributed by atoms with Gasteiger partial charge in [-0.3, -0.25) is 4.79 Å². The highest BCUT2D eigenvalue weighted by Gasteiger charge is 2.37. The summed E-state index contributed by atoms with van der Waals surface area (Å²) < 4.78 is 24.6. The van der Waals surface area contributed by atoms with Crippen molar-refractivity contribution in [1.82, 2.24) is 0 Å². The van der Waals surface area contributed by atoms with Gasteiger partial charge in [0, 0.05) is 30.3 Å². The summed E-state index contributed by atoms with van der Waals surface area (Å²) in [5.41, 5.74) is 2.10. The Hall–Kier alpha value is -3.36. The fraction of sp³-hybridized carbons (Fsp3) is 0.333. The topological polar surface area (TPSA) is 76.3 Å². The summed E-state index contributed by atoms with van der Waals surface area (Å²) in [7, 11) is 0. The molecule has 0 radical (unpaired) electrons. The monoisotopic (exact) mass is 783 g/mol. The van der Waals surface area contributed by atoms with Crippen molar-refractivity contribution in [3.63, 3.8) is 0 Å². The summed E-state index contributed by atoms with van der Waals surface area (Å²) in [6.07, 6.45) is 8.78. The molecule has 0 amide bonds. The highest BCUT2D eigenvalue weighted by atomic mass is 35.5. The minimum absolute atomic E-state index is 0.113. The fourth-order valence-corrected chi connectivity index (χ4v) is 6.19. The van der Waals surface area contributed by atoms with Gasteiger partial charge in [0.1, 0.15) is 22.7 Å². The molecule has 0 atom stereocenters. The molecule has 10 heteroatoms. The smallest absolute Gasteiger partial charge is 0.360 e. The first-order valence-corrected chi connectivity index (χ1v) is 18.7. The number of allylic oxidation sites excluding steroid dienone is 6. The average Bonchev–Trinajstić information content (AvgIpc) is 3.11.